The van der Waals surface area contributed by atoms with Crippen LogP contribution in [0.1, 0.15) is 11.3 Å². The molecule has 0 saturated heterocycles. The molecule has 0 radical (unpaired) electrons. The molecule has 16 heavy (non-hydrogen) atoms. The van der Waals surface area contributed by atoms with Gasteiger partial charge in [-0.1, -0.05) is 49.7 Å². The van der Waals surface area contributed by atoms with E-state index in [1.807, 2.05) is 40.4 Å². The number of aromatic nitrogens is 1. The van der Waals surface area contributed by atoms with Crippen LogP contribution in [0.4, 0.5) is 0 Å². The monoisotopic (exact) mass is 247 g/mol. The van der Waals surface area contributed by atoms with Crippen LogP contribution in [0.5, 0.6) is 0 Å². The average molecular weight is 247 g/mol. The van der Waals surface area contributed by atoms with Crippen LogP contribution in [0, 0.1) is 0 Å². The fourth-order valence-corrected chi connectivity index (χ4v) is 2.26. The zero-order valence-corrected chi connectivity index (χ0v) is 10.6. The standard InChI is InChI=1S/C13H13NS2/c1-2-10-11-6-3-4-7-13(11)14(16)12(10)8-5-9-15/h2-8,15-16H,1,9H2/b8-5-. The first-order valence-corrected chi connectivity index (χ1v) is 6.05. The molecule has 0 spiro atoms. The Balaban J connectivity index is 2.76. The summed E-state index contributed by atoms with van der Waals surface area (Å²) in [4.78, 5) is 0. The Kier molecular flexibility index (Phi) is 3.46. The van der Waals surface area contributed by atoms with Crippen molar-refractivity contribution in [2.45, 2.75) is 0 Å². The van der Waals surface area contributed by atoms with Crippen molar-refractivity contribution < 1.29 is 0 Å². The van der Waals surface area contributed by atoms with Crippen LogP contribution in [0.25, 0.3) is 23.1 Å². The van der Waals surface area contributed by atoms with Gasteiger partial charge in [0.25, 0.3) is 0 Å². The molecule has 0 saturated carbocycles. The van der Waals surface area contributed by atoms with Crippen LogP contribution >= 0.6 is 25.4 Å². The summed E-state index contributed by atoms with van der Waals surface area (Å²) in [6, 6.07) is 8.16. The Morgan fingerprint density at radius 1 is 1.31 bits per heavy atom. The van der Waals surface area contributed by atoms with E-state index in [1.165, 1.54) is 5.39 Å². The number of thiol groups is 2. The zero-order valence-electron chi connectivity index (χ0n) is 8.80. The summed E-state index contributed by atoms with van der Waals surface area (Å²) in [5, 5.41) is 1.17. The lowest BCUT2D eigenvalue weighted by atomic mass is 10.1. The van der Waals surface area contributed by atoms with Crippen LogP contribution in [-0.4, -0.2) is 9.73 Å². The highest BCUT2D eigenvalue weighted by atomic mass is 32.1. The summed E-state index contributed by atoms with van der Waals surface area (Å²) in [5.41, 5.74) is 3.26. The quantitative estimate of drug-likeness (QED) is 0.758. The number of para-hydroxylation sites is 1. The first kappa shape index (κ1) is 11.4. The van der Waals surface area contributed by atoms with Crippen LogP contribution in [0.3, 0.4) is 0 Å². The third kappa shape index (κ3) is 1.81. The summed E-state index contributed by atoms with van der Waals surface area (Å²) in [5.74, 6) is 0.714. The summed E-state index contributed by atoms with van der Waals surface area (Å²) in [6.07, 6.45) is 5.89. The third-order valence-corrected chi connectivity index (χ3v) is 3.15. The van der Waals surface area contributed by atoms with Crippen molar-refractivity contribution in [2.75, 3.05) is 5.75 Å². The molecule has 1 aromatic heterocycles. The minimum atomic E-state index is 0.714. The largest absolute Gasteiger partial charge is 0.286 e. The second-order valence-electron chi connectivity index (χ2n) is 3.42. The third-order valence-electron chi connectivity index (χ3n) is 2.51. The molecule has 0 aliphatic heterocycles. The van der Waals surface area contributed by atoms with Crippen molar-refractivity contribution in [3.63, 3.8) is 0 Å². The molecule has 82 valence electrons. The van der Waals surface area contributed by atoms with Gasteiger partial charge in [0.05, 0.1) is 11.2 Å². The van der Waals surface area contributed by atoms with Gasteiger partial charge >= 0.3 is 0 Å². The van der Waals surface area contributed by atoms with Gasteiger partial charge in [-0.25, -0.2) is 0 Å². The summed E-state index contributed by atoms with van der Waals surface area (Å²) < 4.78 is 1.88. The summed E-state index contributed by atoms with van der Waals surface area (Å²) >= 11 is 8.67. The van der Waals surface area contributed by atoms with Crippen molar-refractivity contribution in [3.05, 3.63) is 48.2 Å². The van der Waals surface area contributed by atoms with E-state index < -0.39 is 0 Å². The molecule has 2 aromatic rings. The van der Waals surface area contributed by atoms with Crippen molar-refractivity contribution in [1.82, 2.24) is 3.97 Å². The van der Waals surface area contributed by atoms with Gasteiger partial charge in [-0.15, -0.1) is 0 Å². The molecule has 0 aliphatic rings. The van der Waals surface area contributed by atoms with Gasteiger partial charge in [-0.2, -0.15) is 12.6 Å². The van der Waals surface area contributed by atoms with Gasteiger partial charge in [0.2, 0.25) is 0 Å². The zero-order chi connectivity index (χ0) is 11.5. The number of hydrogen-bond acceptors (Lipinski definition) is 2. The molecule has 1 aromatic carbocycles. The number of benzene rings is 1. The SMILES string of the molecule is C=Cc1c(/C=C\CS)n(S)c2ccccc12. The maximum Gasteiger partial charge on any atom is 0.0602 e. The topological polar surface area (TPSA) is 4.93 Å². The molecular formula is C13H13NS2. The highest BCUT2D eigenvalue weighted by Crippen LogP contribution is 2.28. The molecule has 0 atom stereocenters. The van der Waals surface area contributed by atoms with E-state index in [9.17, 15) is 0 Å². The van der Waals surface area contributed by atoms with Gasteiger partial charge < -0.3 is 0 Å². The minimum Gasteiger partial charge on any atom is -0.286 e. The number of hydrogen-bond donors (Lipinski definition) is 2. The van der Waals surface area contributed by atoms with Crippen molar-refractivity contribution >= 4 is 48.5 Å². The first-order valence-electron chi connectivity index (χ1n) is 5.02. The van der Waals surface area contributed by atoms with Crippen molar-refractivity contribution in [3.8, 4) is 0 Å². The lowest BCUT2D eigenvalue weighted by molar-refractivity contribution is 1.32. The number of rotatable bonds is 3. The summed E-state index contributed by atoms with van der Waals surface area (Å²) in [6.45, 7) is 3.86. The predicted molar refractivity (Wildman–Crippen MR) is 79.3 cm³/mol. The normalized spacial score (nSPS) is 11.4. The Morgan fingerprint density at radius 2 is 2.06 bits per heavy atom. The van der Waals surface area contributed by atoms with Crippen LogP contribution < -0.4 is 0 Å². The van der Waals surface area contributed by atoms with E-state index >= 15 is 0 Å². The van der Waals surface area contributed by atoms with Gasteiger partial charge in [-0.3, -0.25) is 3.97 Å². The molecule has 2 rings (SSSR count). The molecule has 0 aliphatic carbocycles. The molecule has 0 bridgehead atoms. The molecule has 1 nitrogen and oxygen atoms in total. The molecular weight excluding hydrogens is 234 g/mol. The fourth-order valence-electron chi connectivity index (χ4n) is 1.81. The van der Waals surface area contributed by atoms with Crippen LogP contribution in [-0.2, 0) is 0 Å². The molecule has 0 amide bonds. The highest BCUT2D eigenvalue weighted by molar-refractivity contribution is 7.80. The van der Waals surface area contributed by atoms with Crippen molar-refractivity contribution in [1.29, 1.82) is 0 Å². The second-order valence-corrected chi connectivity index (χ2v) is 4.18. The van der Waals surface area contributed by atoms with Gasteiger partial charge in [0.15, 0.2) is 0 Å². The van der Waals surface area contributed by atoms with E-state index in [4.69, 9.17) is 0 Å². The predicted octanol–water partition coefficient (Wildman–Crippen LogP) is 3.92. The van der Waals surface area contributed by atoms with Gasteiger partial charge in [0.1, 0.15) is 0 Å². The average Bonchev–Trinajstić information content (AvgIpc) is 2.60. The molecule has 0 unspecified atom stereocenters. The van der Waals surface area contributed by atoms with E-state index in [-0.39, 0.29) is 0 Å². The Bertz CT molecular complexity index is 552. The van der Waals surface area contributed by atoms with Crippen molar-refractivity contribution in [2.24, 2.45) is 0 Å². The Morgan fingerprint density at radius 3 is 2.75 bits per heavy atom. The fraction of sp³-hybridized carbons (Fsp3) is 0.0769. The maximum absolute atomic E-state index is 4.50. The van der Waals surface area contributed by atoms with Crippen LogP contribution in [0.2, 0.25) is 0 Å². The van der Waals surface area contributed by atoms with E-state index in [0.717, 1.165) is 16.8 Å². The van der Waals surface area contributed by atoms with E-state index in [2.05, 4.69) is 38.1 Å². The second kappa shape index (κ2) is 4.85. The Labute approximate surface area is 106 Å². The lowest BCUT2D eigenvalue weighted by Crippen LogP contribution is -1.84. The van der Waals surface area contributed by atoms with Crippen LogP contribution in [0.15, 0.2) is 36.9 Å². The van der Waals surface area contributed by atoms with E-state index in [1.54, 1.807) is 0 Å². The van der Waals surface area contributed by atoms with Gasteiger partial charge in [-0.05, 0) is 12.1 Å². The highest BCUT2D eigenvalue weighted by Gasteiger charge is 2.09. The first-order chi connectivity index (χ1) is 7.79. The molecule has 0 N–H and O–H groups in total. The number of fused-ring (bicyclic) bond motifs is 1. The Hall–Kier alpha value is -1.06. The smallest absolute Gasteiger partial charge is 0.0602 e. The van der Waals surface area contributed by atoms with E-state index in [0.29, 0.717) is 5.75 Å². The minimum absolute atomic E-state index is 0.714. The molecule has 1 heterocycles. The molecule has 0 fully saturated rings. The summed E-state index contributed by atoms with van der Waals surface area (Å²) in [7, 11) is 0. The lowest BCUT2D eigenvalue weighted by Gasteiger charge is -1.97. The number of nitrogens with zero attached hydrogens (tertiary/aromatic N) is 1. The van der Waals surface area contributed by atoms with Gasteiger partial charge in [0, 0.05) is 16.7 Å². The maximum atomic E-state index is 4.50. The molecule has 3 heteroatoms.